The molecule has 2 aromatic rings. The van der Waals surface area contributed by atoms with Crippen LogP contribution in [0.3, 0.4) is 0 Å². The van der Waals surface area contributed by atoms with Crippen LogP contribution < -0.4 is 9.47 Å². The first-order valence-electron chi connectivity index (χ1n) is 5.44. The molecular weight excluding hydrogens is 318 g/mol. The molecule has 6 heteroatoms. The third kappa shape index (κ3) is 2.11. The van der Waals surface area contributed by atoms with Crippen molar-refractivity contribution in [2.75, 3.05) is 13.4 Å². The van der Waals surface area contributed by atoms with Crippen molar-refractivity contribution in [1.29, 1.82) is 0 Å². The van der Waals surface area contributed by atoms with E-state index in [2.05, 4.69) is 20.9 Å². The van der Waals surface area contributed by atoms with Gasteiger partial charge in [-0.25, -0.2) is 4.98 Å². The van der Waals surface area contributed by atoms with Gasteiger partial charge in [-0.1, -0.05) is 0 Å². The average Bonchev–Trinajstić information content (AvgIpc) is 2.96. The van der Waals surface area contributed by atoms with Gasteiger partial charge >= 0.3 is 0 Å². The van der Waals surface area contributed by atoms with Gasteiger partial charge in [0.15, 0.2) is 11.5 Å². The molecule has 0 unspecified atom stereocenters. The predicted octanol–water partition coefficient (Wildman–Crippen LogP) is 2.84. The Hall–Kier alpha value is -1.11. The number of nitrogens with zero attached hydrogens (tertiary/aromatic N) is 1. The summed E-state index contributed by atoms with van der Waals surface area (Å²) in [5, 5.41) is 9.88. The van der Waals surface area contributed by atoms with E-state index in [-0.39, 0.29) is 13.4 Å². The Morgan fingerprint density at radius 1 is 1.33 bits per heavy atom. The Morgan fingerprint density at radius 3 is 3.00 bits per heavy atom. The summed E-state index contributed by atoms with van der Waals surface area (Å²) in [6, 6.07) is 5.77. The summed E-state index contributed by atoms with van der Waals surface area (Å²) in [6.07, 6.45) is 0.614. The molecule has 0 aliphatic carbocycles. The number of rotatable bonds is 3. The van der Waals surface area contributed by atoms with Crippen molar-refractivity contribution in [2.24, 2.45) is 0 Å². The van der Waals surface area contributed by atoms with E-state index < -0.39 is 0 Å². The molecule has 1 N–H and O–H groups in total. The van der Waals surface area contributed by atoms with Crippen LogP contribution in [-0.4, -0.2) is 23.5 Å². The van der Waals surface area contributed by atoms with E-state index in [1.807, 2.05) is 18.2 Å². The Balaban J connectivity index is 1.97. The number of fused-ring (bicyclic) bond motifs is 1. The first kappa shape index (κ1) is 12.0. The third-order valence-electron chi connectivity index (χ3n) is 2.61. The summed E-state index contributed by atoms with van der Waals surface area (Å²) in [6.45, 7) is 0.400. The van der Waals surface area contributed by atoms with Crippen molar-refractivity contribution in [1.82, 2.24) is 4.98 Å². The van der Waals surface area contributed by atoms with E-state index >= 15 is 0 Å². The van der Waals surface area contributed by atoms with Crippen LogP contribution in [0.4, 0.5) is 0 Å². The van der Waals surface area contributed by atoms with E-state index in [0.29, 0.717) is 6.42 Å². The molecule has 0 fully saturated rings. The maximum Gasteiger partial charge on any atom is 0.231 e. The van der Waals surface area contributed by atoms with Gasteiger partial charge in [-0.3, -0.25) is 0 Å². The second kappa shape index (κ2) is 4.87. The molecule has 1 aromatic heterocycles. The lowest BCUT2D eigenvalue weighted by Gasteiger charge is -1.98. The molecule has 2 heterocycles. The van der Waals surface area contributed by atoms with E-state index in [1.54, 1.807) is 11.3 Å². The normalized spacial score (nSPS) is 13.0. The summed E-state index contributed by atoms with van der Waals surface area (Å²) in [4.78, 5) is 5.50. The number of ether oxygens (including phenoxy) is 2. The Kier molecular flexibility index (Phi) is 3.23. The summed E-state index contributed by atoms with van der Waals surface area (Å²) >= 11 is 4.98. The van der Waals surface area contributed by atoms with Crippen LogP contribution in [0, 0.1) is 0 Å². The van der Waals surface area contributed by atoms with Gasteiger partial charge in [-0.15, -0.1) is 11.3 Å². The van der Waals surface area contributed by atoms with Crippen LogP contribution in [0.5, 0.6) is 11.5 Å². The van der Waals surface area contributed by atoms with Gasteiger partial charge in [0, 0.05) is 23.5 Å². The SMILES string of the molecule is OCCc1sc(-c2ccc3c(c2)OCO3)nc1Br. The smallest absolute Gasteiger partial charge is 0.231 e. The Morgan fingerprint density at radius 2 is 2.17 bits per heavy atom. The van der Waals surface area contributed by atoms with Crippen molar-refractivity contribution >= 4 is 27.3 Å². The Bertz CT molecular complexity index is 585. The Labute approximate surface area is 116 Å². The van der Waals surface area contributed by atoms with Gasteiger partial charge in [0.2, 0.25) is 6.79 Å². The lowest BCUT2D eigenvalue weighted by Crippen LogP contribution is -1.92. The highest BCUT2D eigenvalue weighted by atomic mass is 79.9. The van der Waals surface area contributed by atoms with Crippen LogP contribution >= 0.6 is 27.3 Å². The molecule has 0 radical (unpaired) electrons. The molecule has 0 saturated heterocycles. The maximum atomic E-state index is 8.97. The fourth-order valence-corrected chi connectivity index (χ4v) is 3.42. The third-order valence-corrected chi connectivity index (χ3v) is 4.69. The van der Waals surface area contributed by atoms with Crippen LogP contribution in [0.2, 0.25) is 0 Å². The number of hydrogen-bond donors (Lipinski definition) is 1. The minimum atomic E-state index is 0.126. The monoisotopic (exact) mass is 327 g/mol. The molecule has 3 rings (SSSR count). The molecule has 94 valence electrons. The summed E-state index contributed by atoms with van der Waals surface area (Å²) in [7, 11) is 0. The predicted molar refractivity (Wildman–Crippen MR) is 72.2 cm³/mol. The van der Waals surface area contributed by atoms with Crippen LogP contribution in [-0.2, 0) is 6.42 Å². The highest BCUT2D eigenvalue weighted by molar-refractivity contribution is 9.10. The molecule has 1 aliphatic rings. The second-order valence-electron chi connectivity index (χ2n) is 3.77. The standard InChI is InChI=1S/C12H10BrNO3S/c13-11-10(3-4-15)18-12(14-11)7-1-2-8-9(5-7)17-6-16-8/h1-2,5,15H,3-4,6H2. The number of aliphatic hydroxyl groups excluding tert-OH is 1. The van der Waals surface area contributed by atoms with E-state index in [4.69, 9.17) is 14.6 Å². The molecule has 0 saturated carbocycles. The number of aromatic nitrogens is 1. The molecule has 0 bridgehead atoms. The molecule has 1 aliphatic heterocycles. The first-order valence-corrected chi connectivity index (χ1v) is 7.05. The van der Waals surface area contributed by atoms with E-state index in [1.165, 1.54) is 0 Å². The van der Waals surface area contributed by atoms with Crippen molar-refractivity contribution in [3.63, 3.8) is 0 Å². The van der Waals surface area contributed by atoms with Crippen LogP contribution in [0.1, 0.15) is 4.88 Å². The van der Waals surface area contributed by atoms with Crippen molar-refractivity contribution in [2.45, 2.75) is 6.42 Å². The first-order chi connectivity index (χ1) is 8.78. The van der Waals surface area contributed by atoms with Crippen molar-refractivity contribution in [3.05, 3.63) is 27.7 Å². The zero-order valence-electron chi connectivity index (χ0n) is 9.35. The fourth-order valence-electron chi connectivity index (χ4n) is 1.74. The number of halogens is 1. The molecular formula is C12H10BrNO3S. The lowest BCUT2D eigenvalue weighted by molar-refractivity contribution is 0.174. The maximum absolute atomic E-state index is 8.97. The van der Waals surface area contributed by atoms with Crippen molar-refractivity contribution < 1.29 is 14.6 Å². The molecule has 0 amide bonds. The molecule has 18 heavy (non-hydrogen) atoms. The molecule has 0 atom stereocenters. The topological polar surface area (TPSA) is 51.6 Å². The number of hydrogen-bond acceptors (Lipinski definition) is 5. The average molecular weight is 328 g/mol. The highest BCUT2D eigenvalue weighted by Gasteiger charge is 2.16. The van der Waals surface area contributed by atoms with Crippen LogP contribution in [0.15, 0.2) is 22.8 Å². The lowest BCUT2D eigenvalue weighted by atomic mass is 10.2. The minimum absolute atomic E-state index is 0.126. The van der Waals surface area contributed by atoms with Crippen LogP contribution in [0.25, 0.3) is 10.6 Å². The van der Waals surface area contributed by atoms with Gasteiger partial charge in [-0.05, 0) is 34.1 Å². The minimum Gasteiger partial charge on any atom is -0.454 e. The van der Waals surface area contributed by atoms with E-state index in [9.17, 15) is 0 Å². The van der Waals surface area contributed by atoms with Crippen molar-refractivity contribution in [3.8, 4) is 22.1 Å². The van der Waals surface area contributed by atoms with Gasteiger partial charge < -0.3 is 14.6 Å². The zero-order valence-corrected chi connectivity index (χ0v) is 11.8. The number of aliphatic hydroxyl groups is 1. The summed E-state index contributed by atoms with van der Waals surface area (Å²) in [5.74, 6) is 1.52. The quantitative estimate of drug-likeness (QED) is 0.941. The fraction of sp³-hybridized carbons (Fsp3) is 0.250. The summed E-state index contributed by atoms with van der Waals surface area (Å²) < 4.78 is 11.4. The van der Waals surface area contributed by atoms with Gasteiger partial charge in [0.05, 0.1) is 0 Å². The highest BCUT2D eigenvalue weighted by Crippen LogP contribution is 2.38. The molecule has 0 spiro atoms. The van der Waals surface area contributed by atoms with Gasteiger partial charge in [0.25, 0.3) is 0 Å². The zero-order chi connectivity index (χ0) is 12.5. The van der Waals surface area contributed by atoms with E-state index in [0.717, 1.165) is 31.6 Å². The summed E-state index contributed by atoms with van der Waals surface area (Å²) in [5.41, 5.74) is 0.995. The number of thiazole rings is 1. The molecule has 4 nitrogen and oxygen atoms in total. The second-order valence-corrected chi connectivity index (χ2v) is 5.61. The van der Waals surface area contributed by atoms with Gasteiger partial charge in [-0.2, -0.15) is 0 Å². The molecule has 1 aromatic carbocycles. The van der Waals surface area contributed by atoms with Gasteiger partial charge in [0.1, 0.15) is 9.61 Å². The number of benzene rings is 1. The largest absolute Gasteiger partial charge is 0.454 e.